The van der Waals surface area contributed by atoms with Crippen LogP contribution in [0.4, 0.5) is 5.69 Å². The van der Waals surface area contributed by atoms with E-state index in [2.05, 4.69) is 6.07 Å². The fourth-order valence-corrected chi connectivity index (χ4v) is 5.90. The molecule has 3 aromatic rings. The number of aromatic nitrogens is 2. The molecule has 158 valence electrons. The van der Waals surface area contributed by atoms with Crippen molar-refractivity contribution in [1.29, 1.82) is 0 Å². The van der Waals surface area contributed by atoms with E-state index in [9.17, 15) is 9.59 Å². The van der Waals surface area contributed by atoms with Crippen LogP contribution in [0.2, 0.25) is 0 Å². The maximum absolute atomic E-state index is 13.3. The monoisotopic (exact) mass is 451 g/mol. The van der Waals surface area contributed by atoms with Crippen molar-refractivity contribution < 1.29 is 9.53 Å². The number of carbonyl (C=O) groups is 1. The van der Waals surface area contributed by atoms with Gasteiger partial charge in [0.2, 0.25) is 5.91 Å². The number of carbonyl (C=O) groups excluding carboxylic acids is 1. The molecule has 0 spiro atoms. The molecule has 6 nitrogen and oxygen atoms in total. The molecule has 2 aliphatic heterocycles. The minimum Gasteiger partial charge on any atom is -0.497 e. The van der Waals surface area contributed by atoms with Gasteiger partial charge in [0.05, 0.1) is 29.1 Å². The second-order valence-electron chi connectivity index (χ2n) is 7.32. The Hall–Kier alpha value is -2.71. The third-order valence-electron chi connectivity index (χ3n) is 5.49. The highest BCUT2D eigenvalue weighted by molar-refractivity contribution is 8.00. The summed E-state index contributed by atoms with van der Waals surface area (Å²) in [5.41, 5.74) is 3.62. The van der Waals surface area contributed by atoms with Gasteiger partial charge in [-0.05, 0) is 30.2 Å². The third kappa shape index (κ3) is 3.74. The lowest BCUT2D eigenvalue weighted by Gasteiger charge is -2.18. The molecule has 0 bridgehead atoms. The van der Waals surface area contributed by atoms with Crippen LogP contribution < -0.4 is 15.2 Å². The summed E-state index contributed by atoms with van der Waals surface area (Å²) in [6, 6.07) is 15.4. The van der Waals surface area contributed by atoms with Crippen molar-refractivity contribution in [2.75, 3.05) is 30.1 Å². The summed E-state index contributed by atoms with van der Waals surface area (Å²) in [4.78, 5) is 33.6. The number of nitrogens with zero attached hydrogens (tertiary/aromatic N) is 3. The Balaban J connectivity index is 1.47. The number of benzene rings is 2. The fraction of sp³-hybridized carbons (Fsp3) is 0.261. The summed E-state index contributed by atoms with van der Waals surface area (Å²) in [5.74, 6) is 1.76. The van der Waals surface area contributed by atoms with Gasteiger partial charge in [0.15, 0.2) is 5.16 Å². The molecule has 0 unspecified atom stereocenters. The Bertz CT molecular complexity index is 1220. The lowest BCUT2D eigenvalue weighted by atomic mass is 10.2. The van der Waals surface area contributed by atoms with E-state index in [1.54, 1.807) is 23.4 Å². The van der Waals surface area contributed by atoms with Gasteiger partial charge in [0, 0.05) is 30.5 Å². The highest BCUT2D eigenvalue weighted by Crippen LogP contribution is 2.32. The Kier molecular flexibility index (Phi) is 5.50. The highest BCUT2D eigenvalue weighted by atomic mass is 32.2. The molecule has 0 saturated carbocycles. The summed E-state index contributed by atoms with van der Waals surface area (Å²) < 4.78 is 6.95. The third-order valence-corrected chi connectivity index (χ3v) is 7.52. The van der Waals surface area contributed by atoms with Crippen LogP contribution in [0, 0.1) is 0 Å². The minimum atomic E-state index is -0.0813. The van der Waals surface area contributed by atoms with E-state index in [0.29, 0.717) is 28.0 Å². The zero-order valence-electron chi connectivity index (χ0n) is 17.0. The number of aryl methyl sites for hydroxylation is 1. The molecule has 31 heavy (non-hydrogen) atoms. The van der Waals surface area contributed by atoms with E-state index in [1.165, 1.54) is 17.3 Å². The molecule has 5 rings (SSSR count). The molecule has 0 atom stereocenters. The Morgan fingerprint density at radius 3 is 2.94 bits per heavy atom. The second kappa shape index (κ2) is 8.43. The molecule has 2 aromatic carbocycles. The molecule has 8 heteroatoms. The molecule has 1 aromatic heterocycles. The number of hydrogen-bond acceptors (Lipinski definition) is 6. The van der Waals surface area contributed by atoms with E-state index >= 15 is 0 Å². The van der Waals surface area contributed by atoms with Gasteiger partial charge >= 0.3 is 0 Å². The normalized spacial score (nSPS) is 14.4. The number of ether oxygens (including phenoxy) is 1. The van der Waals surface area contributed by atoms with Crippen LogP contribution >= 0.6 is 23.5 Å². The van der Waals surface area contributed by atoms with Crippen molar-refractivity contribution in [3.05, 3.63) is 70.1 Å². The number of methoxy groups -OCH3 is 1. The van der Waals surface area contributed by atoms with Gasteiger partial charge in [0.25, 0.3) is 5.56 Å². The predicted molar refractivity (Wildman–Crippen MR) is 124 cm³/mol. The molecular weight excluding hydrogens is 430 g/mol. The SMILES string of the molecule is COc1cccc(-n2c(SCC(=O)N3CCc4ccccc43)nc3c(c2=O)SCC3)c1. The average Bonchev–Trinajstić information content (AvgIpc) is 3.45. The number of hydrogen-bond donors (Lipinski definition) is 0. The Morgan fingerprint density at radius 1 is 1.19 bits per heavy atom. The first-order chi connectivity index (χ1) is 15.2. The van der Waals surface area contributed by atoms with E-state index < -0.39 is 0 Å². The number of amides is 1. The summed E-state index contributed by atoms with van der Waals surface area (Å²) >= 11 is 2.86. The van der Waals surface area contributed by atoms with Gasteiger partial charge in [-0.25, -0.2) is 4.98 Å². The first kappa shape index (κ1) is 20.2. The van der Waals surface area contributed by atoms with Crippen molar-refractivity contribution in [3.8, 4) is 11.4 Å². The van der Waals surface area contributed by atoms with Crippen molar-refractivity contribution in [1.82, 2.24) is 9.55 Å². The van der Waals surface area contributed by atoms with Crippen LogP contribution in [-0.2, 0) is 17.6 Å². The topological polar surface area (TPSA) is 64.4 Å². The first-order valence-electron chi connectivity index (χ1n) is 10.1. The average molecular weight is 452 g/mol. The standard InChI is InChI=1S/C23H21N3O3S2/c1-29-17-7-4-6-16(13-17)26-22(28)21-18(10-12-30-21)24-23(26)31-14-20(27)25-11-9-15-5-2-3-8-19(15)25/h2-8,13H,9-12,14H2,1H3. The van der Waals surface area contributed by atoms with Gasteiger partial charge in [-0.2, -0.15) is 0 Å². The number of thioether (sulfide) groups is 2. The lowest BCUT2D eigenvalue weighted by Crippen LogP contribution is -2.31. The Labute approximate surface area is 188 Å². The molecule has 0 aliphatic carbocycles. The molecular formula is C23H21N3O3S2. The summed E-state index contributed by atoms with van der Waals surface area (Å²) in [5, 5.41) is 0.542. The molecule has 1 amide bonds. The molecule has 0 N–H and O–H groups in total. The number of fused-ring (bicyclic) bond motifs is 2. The number of rotatable bonds is 5. The maximum Gasteiger partial charge on any atom is 0.272 e. The van der Waals surface area contributed by atoms with Gasteiger partial charge < -0.3 is 9.64 Å². The van der Waals surface area contributed by atoms with E-state index in [0.717, 1.165) is 30.0 Å². The van der Waals surface area contributed by atoms with E-state index in [4.69, 9.17) is 9.72 Å². The predicted octanol–water partition coefficient (Wildman–Crippen LogP) is 3.57. The molecule has 0 fully saturated rings. The summed E-state index contributed by atoms with van der Waals surface area (Å²) in [7, 11) is 1.60. The summed E-state index contributed by atoms with van der Waals surface area (Å²) in [6.45, 7) is 0.690. The van der Waals surface area contributed by atoms with Crippen molar-refractivity contribution in [2.24, 2.45) is 0 Å². The van der Waals surface area contributed by atoms with Gasteiger partial charge in [-0.3, -0.25) is 14.2 Å². The quantitative estimate of drug-likeness (QED) is 0.437. The van der Waals surface area contributed by atoms with Crippen LogP contribution in [0.15, 0.2) is 63.4 Å². The van der Waals surface area contributed by atoms with Crippen LogP contribution in [0.25, 0.3) is 5.69 Å². The van der Waals surface area contributed by atoms with Crippen molar-refractivity contribution in [2.45, 2.75) is 22.9 Å². The maximum atomic E-state index is 13.3. The van der Waals surface area contributed by atoms with E-state index in [1.807, 2.05) is 47.4 Å². The van der Waals surface area contributed by atoms with Crippen molar-refractivity contribution in [3.63, 3.8) is 0 Å². The Morgan fingerprint density at radius 2 is 2.06 bits per heavy atom. The number of para-hydroxylation sites is 1. The van der Waals surface area contributed by atoms with Crippen LogP contribution in [-0.4, -0.2) is 40.6 Å². The van der Waals surface area contributed by atoms with Crippen LogP contribution in [0.3, 0.4) is 0 Å². The van der Waals surface area contributed by atoms with Gasteiger partial charge in [-0.15, -0.1) is 11.8 Å². The molecule has 3 heterocycles. The smallest absolute Gasteiger partial charge is 0.272 e. The van der Waals surface area contributed by atoms with Crippen LogP contribution in [0.1, 0.15) is 11.3 Å². The summed E-state index contributed by atoms with van der Waals surface area (Å²) in [6.07, 6.45) is 1.64. The largest absolute Gasteiger partial charge is 0.497 e. The fourth-order valence-electron chi connectivity index (χ4n) is 3.97. The minimum absolute atomic E-state index is 0.0243. The number of anilines is 1. The highest BCUT2D eigenvalue weighted by Gasteiger charge is 2.26. The van der Waals surface area contributed by atoms with Gasteiger partial charge in [0.1, 0.15) is 5.75 Å². The lowest BCUT2D eigenvalue weighted by molar-refractivity contribution is -0.116. The first-order valence-corrected chi connectivity index (χ1v) is 12.1. The van der Waals surface area contributed by atoms with Crippen molar-refractivity contribution >= 4 is 35.1 Å². The van der Waals surface area contributed by atoms with E-state index in [-0.39, 0.29) is 17.2 Å². The molecule has 2 aliphatic rings. The second-order valence-corrected chi connectivity index (χ2v) is 9.37. The molecule has 0 saturated heterocycles. The van der Waals surface area contributed by atoms with Crippen LogP contribution in [0.5, 0.6) is 5.75 Å². The molecule has 0 radical (unpaired) electrons. The zero-order chi connectivity index (χ0) is 21.4. The van der Waals surface area contributed by atoms with Gasteiger partial charge in [-0.1, -0.05) is 36.0 Å². The zero-order valence-corrected chi connectivity index (χ0v) is 18.7.